The number of aliphatic hydroxyl groups excluding tert-OH is 2. The highest BCUT2D eigenvalue weighted by Gasteiger charge is 2.66. The number of carbonyl (C=O) groups excluding carboxylic acids is 2. The summed E-state index contributed by atoms with van der Waals surface area (Å²) in [5.74, 6) is -11.6. The van der Waals surface area contributed by atoms with Gasteiger partial charge in [0.25, 0.3) is 0 Å². The summed E-state index contributed by atoms with van der Waals surface area (Å²) in [5, 5.41) is 29.7. The van der Waals surface area contributed by atoms with Crippen LogP contribution in [-0.4, -0.2) is 78.3 Å². The summed E-state index contributed by atoms with van der Waals surface area (Å²) < 4.78 is 68.1. The first-order valence-corrected chi connectivity index (χ1v) is 6.51. The summed E-state index contributed by atoms with van der Waals surface area (Å²) in [6.45, 7) is -2.07. The molecule has 0 amide bonds. The fraction of sp³-hybridized carbons (Fsp3) is 0.833. The average Bonchev–Trinajstić information content (AvgIpc) is 2.33. The van der Waals surface area contributed by atoms with Crippen LogP contribution >= 0.6 is 0 Å². The van der Waals surface area contributed by atoms with E-state index in [1.165, 1.54) is 0 Å². The smallest absolute Gasteiger partial charge is 0.453 e. The molecule has 3 unspecified atom stereocenters. The van der Waals surface area contributed by atoms with Gasteiger partial charge in [0, 0.05) is 6.92 Å². The van der Waals surface area contributed by atoms with Gasteiger partial charge in [-0.05, 0) is 0 Å². The minimum absolute atomic E-state index is 0.693. The Morgan fingerprint density at radius 2 is 1.67 bits per heavy atom. The Labute approximate surface area is 133 Å². The van der Waals surface area contributed by atoms with Crippen molar-refractivity contribution in [2.75, 3.05) is 27.2 Å². The lowest BCUT2D eigenvalue weighted by molar-refractivity contribution is -0.936. The largest absolute Gasteiger partial charge is 0.544 e. The summed E-state index contributed by atoms with van der Waals surface area (Å²) in [4.78, 5) is 21.7. The van der Waals surface area contributed by atoms with Gasteiger partial charge in [-0.2, -0.15) is 22.0 Å². The number of halogens is 5. The zero-order chi connectivity index (χ0) is 19.5. The molecule has 12 heteroatoms. The van der Waals surface area contributed by atoms with Crippen molar-refractivity contribution in [2.45, 2.75) is 31.4 Å². The minimum atomic E-state index is -6.09. The van der Waals surface area contributed by atoms with Crippen LogP contribution in [0.25, 0.3) is 0 Å². The SMILES string of the molecule is CC(=O)OC(C(CO)C(F)(F)C(F)(F)F)C(O)[N+](C)(C)CC(=O)[O-]. The molecule has 0 radical (unpaired) electrons. The molecule has 0 aromatic heterocycles. The van der Waals surface area contributed by atoms with E-state index in [1.54, 1.807) is 0 Å². The van der Waals surface area contributed by atoms with Crippen molar-refractivity contribution in [1.82, 2.24) is 0 Å². The first-order valence-electron chi connectivity index (χ1n) is 6.51. The van der Waals surface area contributed by atoms with E-state index in [0.29, 0.717) is 6.92 Å². The van der Waals surface area contributed by atoms with Crippen molar-refractivity contribution in [3.05, 3.63) is 0 Å². The molecular formula is C12H18F5NO6. The van der Waals surface area contributed by atoms with Gasteiger partial charge in [0.1, 0.15) is 12.5 Å². The highest BCUT2D eigenvalue weighted by atomic mass is 19.4. The van der Waals surface area contributed by atoms with Crippen molar-refractivity contribution in [3.63, 3.8) is 0 Å². The van der Waals surface area contributed by atoms with Crippen molar-refractivity contribution in [2.24, 2.45) is 5.92 Å². The summed E-state index contributed by atoms with van der Waals surface area (Å²) in [5.41, 5.74) is 0. The third-order valence-corrected chi connectivity index (χ3v) is 3.29. The molecule has 0 saturated heterocycles. The van der Waals surface area contributed by atoms with Gasteiger partial charge in [0.05, 0.1) is 26.7 Å². The Bertz CT molecular complexity index is 467. The Balaban J connectivity index is 5.90. The number of hydrogen-bond acceptors (Lipinski definition) is 6. The lowest BCUT2D eigenvalue weighted by atomic mass is 9.92. The van der Waals surface area contributed by atoms with Crippen LogP contribution < -0.4 is 5.11 Å². The van der Waals surface area contributed by atoms with Gasteiger partial charge in [0.2, 0.25) is 6.23 Å². The van der Waals surface area contributed by atoms with Crippen LogP contribution in [0.1, 0.15) is 6.92 Å². The molecule has 0 rings (SSSR count). The van der Waals surface area contributed by atoms with E-state index in [1.807, 2.05) is 0 Å². The number of aliphatic hydroxyl groups is 2. The Kier molecular flexibility index (Phi) is 7.09. The van der Waals surface area contributed by atoms with Crippen molar-refractivity contribution >= 4 is 11.9 Å². The fourth-order valence-corrected chi connectivity index (χ4v) is 2.00. The first-order chi connectivity index (χ1) is 10.6. The molecule has 24 heavy (non-hydrogen) atoms. The number of quaternary nitrogens is 1. The van der Waals surface area contributed by atoms with E-state index in [-0.39, 0.29) is 0 Å². The molecule has 0 aromatic rings. The van der Waals surface area contributed by atoms with Crippen LogP contribution in [0.15, 0.2) is 0 Å². The minimum Gasteiger partial charge on any atom is -0.544 e. The molecule has 0 aliphatic heterocycles. The van der Waals surface area contributed by atoms with E-state index in [9.17, 15) is 41.8 Å². The lowest BCUT2D eigenvalue weighted by Gasteiger charge is -2.41. The van der Waals surface area contributed by atoms with Crippen molar-refractivity contribution in [3.8, 4) is 0 Å². The van der Waals surface area contributed by atoms with Crippen molar-refractivity contribution < 1.29 is 56.1 Å². The average molecular weight is 367 g/mol. The topological polar surface area (TPSA) is 107 Å². The molecular weight excluding hydrogens is 349 g/mol. The molecule has 0 aromatic carbocycles. The molecule has 0 fully saturated rings. The van der Waals surface area contributed by atoms with E-state index in [0.717, 1.165) is 14.1 Å². The highest BCUT2D eigenvalue weighted by Crippen LogP contribution is 2.44. The van der Waals surface area contributed by atoms with Crippen LogP contribution in [0.3, 0.4) is 0 Å². The molecule has 0 saturated carbocycles. The number of esters is 1. The maximum atomic E-state index is 13.6. The summed E-state index contributed by atoms with van der Waals surface area (Å²) in [7, 11) is 1.97. The number of carbonyl (C=O) groups is 2. The number of aliphatic carboxylic acids is 1. The zero-order valence-electron chi connectivity index (χ0n) is 13.0. The van der Waals surface area contributed by atoms with Gasteiger partial charge >= 0.3 is 18.1 Å². The Morgan fingerprint density at radius 1 is 1.21 bits per heavy atom. The first kappa shape index (κ1) is 22.5. The second-order valence-corrected chi connectivity index (χ2v) is 5.71. The molecule has 142 valence electrons. The predicted octanol–water partition coefficient (Wildman–Crippen LogP) is -1.13. The van der Waals surface area contributed by atoms with Crippen LogP contribution in [0.2, 0.25) is 0 Å². The standard InChI is InChI=1S/C12H18F5NO6/c1-6(20)24-9(10(23)18(2,3)4-8(21)22)7(5-19)11(13,14)12(15,16)17/h7,9-10,19,23H,4-5H2,1-3H3. The number of carboxylic acid groups (broad SMARTS) is 1. The van der Waals surface area contributed by atoms with Crippen LogP contribution in [0.5, 0.6) is 0 Å². The normalized spacial score (nSPS) is 17.1. The van der Waals surface area contributed by atoms with Crippen LogP contribution in [0, 0.1) is 5.92 Å². The molecule has 3 atom stereocenters. The highest BCUT2D eigenvalue weighted by molar-refractivity contribution is 5.66. The summed E-state index contributed by atoms with van der Waals surface area (Å²) in [6.07, 6.45) is -10.9. The summed E-state index contributed by atoms with van der Waals surface area (Å²) >= 11 is 0. The number of nitrogens with zero attached hydrogens (tertiary/aromatic N) is 1. The number of rotatable bonds is 8. The monoisotopic (exact) mass is 367 g/mol. The quantitative estimate of drug-likeness (QED) is 0.243. The lowest BCUT2D eigenvalue weighted by Crippen LogP contribution is -2.64. The second kappa shape index (κ2) is 7.57. The van der Waals surface area contributed by atoms with Gasteiger partial charge in [-0.3, -0.25) is 9.28 Å². The maximum absolute atomic E-state index is 13.6. The molecule has 0 aliphatic carbocycles. The van der Waals surface area contributed by atoms with E-state index in [4.69, 9.17) is 5.11 Å². The van der Waals surface area contributed by atoms with Crippen molar-refractivity contribution in [1.29, 1.82) is 0 Å². The van der Waals surface area contributed by atoms with Gasteiger partial charge in [-0.15, -0.1) is 0 Å². The number of hydrogen-bond donors (Lipinski definition) is 2. The molecule has 0 aliphatic rings. The van der Waals surface area contributed by atoms with Gasteiger partial charge in [-0.1, -0.05) is 0 Å². The number of carboxylic acids is 1. The van der Waals surface area contributed by atoms with Gasteiger partial charge < -0.3 is 24.9 Å². The fourth-order valence-electron chi connectivity index (χ4n) is 2.00. The molecule has 0 heterocycles. The molecule has 0 spiro atoms. The molecule has 7 nitrogen and oxygen atoms in total. The third-order valence-electron chi connectivity index (χ3n) is 3.29. The zero-order valence-corrected chi connectivity index (χ0v) is 13.0. The van der Waals surface area contributed by atoms with Crippen LogP contribution in [-0.2, 0) is 14.3 Å². The summed E-state index contributed by atoms with van der Waals surface area (Å²) in [6, 6.07) is 0. The van der Waals surface area contributed by atoms with E-state index in [2.05, 4.69) is 4.74 Å². The van der Waals surface area contributed by atoms with Crippen LogP contribution in [0.4, 0.5) is 22.0 Å². The molecule has 0 bridgehead atoms. The van der Waals surface area contributed by atoms with Gasteiger partial charge in [0.15, 0.2) is 6.10 Å². The number of alkyl halides is 5. The molecule has 2 N–H and O–H groups in total. The van der Waals surface area contributed by atoms with E-state index < -0.39 is 59.9 Å². The van der Waals surface area contributed by atoms with E-state index >= 15 is 0 Å². The predicted molar refractivity (Wildman–Crippen MR) is 65.1 cm³/mol. The van der Waals surface area contributed by atoms with Gasteiger partial charge in [-0.25, -0.2) is 0 Å². The third kappa shape index (κ3) is 5.24. The second-order valence-electron chi connectivity index (χ2n) is 5.71. The Morgan fingerprint density at radius 3 is 1.96 bits per heavy atom. The number of likely N-dealkylation sites (N-methyl/N-ethyl adjacent to an activating group) is 1. The Hall–Kier alpha value is -1.53. The maximum Gasteiger partial charge on any atom is 0.453 e. The number of ether oxygens (including phenoxy) is 1.